The van der Waals surface area contributed by atoms with Crippen molar-refractivity contribution in [1.82, 2.24) is 0 Å². The van der Waals surface area contributed by atoms with Gasteiger partial charge in [-0.1, -0.05) is 27.2 Å². The minimum atomic E-state index is 0.0796. The molecule has 2 N–H and O–H groups in total. The van der Waals surface area contributed by atoms with Crippen LogP contribution in [0.1, 0.15) is 72.0 Å². The van der Waals surface area contributed by atoms with Gasteiger partial charge >= 0.3 is 0 Å². The third kappa shape index (κ3) is 5.65. The lowest BCUT2D eigenvalue weighted by molar-refractivity contribution is -0.674. The van der Waals surface area contributed by atoms with E-state index in [9.17, 15) is 0 Å². The molecule has 2 atom stereocenters. The standard InChI is InChI=1S/C20H35NO2/c1-5-19(4)16-20(11-14-23-19,9-8-17(2)3)10-12-21-15-18-7-6-13-22-18/h6-7,13,17,21H,5,8-12,14-16H2,1-4H3/p+1/t19-,20-/m0/s1. The normalized spacial score (nSPS) is 28.4. The summed E-state index contributed by atoms with van der Waals surface area (Å²) in [6.45, 7) is 12.3. The summed E-state index contributed by atoms with van der Waals surface area (Å²) in [4.78, 5) is 0. The molecule has 1 fully saturated rings. The summed E-state index contributed by atoms with van der Waals surface area (Å²) in [5, 5.41) is 2.40. The predicted molar refractivity (Wildman–Crippen MR) is 94.2 cm³/mol. The highest BCUT2D eigenvalue weighted by molar-refractivity contribution is 4.95. The van der Waals surface area contributed by atoms with Gasteiger partial charge in [-0.15, -0.1) is 0 Å². The molecule has 0 bridgehead atoms. The fourth-order valence-electron chi connectivity index (χ4n) is 3.90. The molecular weight excluding hydrogens is 286 g/mol. The van der Waals surface area contributed by atoms with Crippen LogP contribution >= 0.6 is 0 Å². The molecule has 2 rings (SSSR count). The summed E-state index contributed by atoms with van der Waals surface area (Å²) in [5.41, 5.74) is 0.545. The molecule has 0 radical (unpaired) electrons. The highest BCUT2D eigenvalue weighted by atomic mass is 16.5. The second-order valence-electron chi connectivity index (χ2n) is 8.12. The fourth-order valence-corrected chi connectivity index (χ4v) is 3.90. The van der Waals surface area contributed by atoms with Crippen molar-refractivity contribution in [2.45, 2.75) is 78.4 Å². The summed E-state index contributed by atoms with van der Waals surface area (Å²) in [7, 11) is 0. The van der Waals surface area contributed by atoms with Crippen LogP contribution in [0.4, 0.5) is 0 Å². The maximum Gasteiger partial charge on any atom is 0.157 e. The first-order valence-corrected chi connectivity index (χ1v) is 9.45. The highest BCUT2D eigenvalue weighted by Gasteiger charge is 2.42. The molecule has 0 amide bonds. The largest absolute Gasteiger partial charge is 0.463 e. The van der Waals surface area contributed by atoms with Crippen LogP contribution in [0.15, 0.2) is 22.8 Å². The minimum Gasteiger partial charge on any atom is -0.463 e. The van der Waals surface area contributed by atoms with Crippen molar-refractivity contribution in [3.63, 3.8) is 0 Å². The van der Waals surface area contributed by atoms with Crippen molar-refractivity contribution in [3.8, 4) is 0 Å². The van der Waals surface area contributed by atoms with Gasteiger partial charge in [0.2, 0.25) is 0 Å². The smallest absolute Gasteiger partial charge is 0.157 e. The Hall–Kier alpha value is -0.800. The molecule has 132 valence electrons. The van der Waals surface area contributed by atoms with E-state index in [-0.39, 0.29) is 5.60 Å². The Bertz CT molecular complexity index is 443. The molecule has 0 saturated carbocycles. The average molecular weight is 323 g/mol. The Kier molecular flexibility index (Phi) is 6.72. The van der Waals surface area contributed by atoms with Crippen LogP contribution in [0.25, 0.3) is 0 Å². The molecule has 0 spiro atoms. The van der Waals surface area contributed by atoms with E-state index in [4.69, 9.17) is 9.15 Å². The topological polar surface area (TPSA) is 39.0 Å². The summed E-state index contributed by atoms with van der Waals surface area (Å²) >= 11 is 0. The maximum absolute atomic E-state index is 6.12. The Morgan fingerprint density at radius 2 is 2.13 bits per heavy atom. The van der Waals surface area contributed by atoms with E-state index in [1.54, 1.807) is 6.26 Å². The molecule has 1 aromatic heterocycles. The van der Waals surface area contributed by atoms with Crippen molar-refractivity contribution in [3.05, 3.63) is 24.2 Å². The van der Waals surface area contributed by atoms with Crippen LogP contribution < -0.4 is 5.32 Å². The summed E-state index contributed by atoms with van der Waals surface area (Å²) in [5.74, 6) is 1.86. The number of hydrogen-bond acceptors (Lipinski definition) is 2. The SMILES string of the molecule is CC[C@@]1(C)C[C@](CC[NH2+]Cc2ccco2)(CCC(C)C)CCO1. The van der Waals surface area contributed by atoms with E-state index in [0.717, 1.165) is 31.3 Å². The first-order chi connectivity index (χ1) is 11.0. The lowest BCUT2D eigenvalue weighted by Gasteiger charge is -2.46. The highest BCUT2D eigenvalue weighted by Crippen LogP contribution is 2.46. The number of furan rings is 1. The van der Waals surface area contributed by atoms with Gasteiger partial charge in [-0.2, -0.15) is 0 Å². The molecule has 0 unspecified atom stereocenters. The third-order valence-electron chi connectivity index (χ3n) is 5.64. The summed E-state index contributed by atoms with van der Waals surface area (Å²) in [6.07, 6.45) is 9.29. The lowest BCUT2D eigenvalue weighted by Crippen LogP contribution is -2.83. The number of nitrogens with two attached hydrogens (primary N) is 1. The van der Waals surface area contributed by atoms with E-state index >= 15 is 0 Å². The van der Waals surface area contributed by atoms with Crippen molar-refractivity contribution >= 4 is 0 Å². The van der Waals surface area contributed by atoms with Gasteiger partial charge in [0, 0.05) is 13.0 Å². The second kappa shape index (κ2) is 8.34. The average Bonchev–Trinajstić information content (AvgIpc) is 3.03. The Morgan fingerprint density at radius 3 is 2.78 bits per heavy atom. The minimum absolute atomic E-state index is 0.0796. The van der Waals surface area contributed by atoms with Crippen LogP contribution in [0.2, 0.25) is 0 Å². The number of rotatable bonds is 9. The van der Waals surface area contributed by atoms with E-state index in [1.807, 2.05) is 6.07 Å². The molecule has 23 heavy (non-hydrogen) atoms. The molecule has 0 aliphatic carbocycles. The number of quaternary nitrogens is 1. The zero-order valence-corrected chi connectivity index (χ0v) is 15.6. The number of hydrogen-bond donors (Lipinski definition) is 1. The van der Waals surface area contributed by atoms with Gasteiger partial charge in [0.25, 0.3) is 0 Å². The first-order valence-electron chi connectivity index (χ1n) is 9.45. The van der Waals surface area contributed by atoms with Crippen molar-refractivity contribution < 1.29 is 14.5 Å². The van der Waals surface area contributed by atoms with Gasteiger partial charge in [-0.05, 0) is 56.1 Å². The predicted octanol–water partition coefficient (Wildman–Crippen LogP) is 4.13. The molecular formula is C20H36NO2+. The Morgan fingerprint density at radius 1 is 1.30 bits per heavy atom. The fraction of sp³-hybridized carbons (Fsp3) is 0.800. The van der Waals surface area contributed by atoms with Gasteiger partial charge in [0.1, 0.15) is 6.54 Å². The van der Waals surface area contributed by atoms with Crippen LogP contribution in [-0.4, -0.2) is 18.8 Å². The maximum atomic E-state index is 6.12. The molecule has 1 aliphatic heterocycles. The molecule has 0 aromatic carbocycles. The van der Waals surface area contributed by atoms with Crippen LogP contribution in [0.3, 0.4) is 0 Å². The van der Waals surface area contributed by atoms with Crippen LogP contribution in [0, 0.1) is 11.3 Å². The molecule has 1 aliphatic rings. The third-order valence-corrected chi connectivity index (χ3v) is 5.64. The van der Waals surface area contributed by atoms with Crippen molar-refractivity contribution in [2.24, 2.45) is 11.3 Å². The van der Waals surface area contributed by atoms with Crippen molar-refractivity contribution in [2.75, 3.05) is 13.2 Å². The molecule has 3 nitrogen and oxygen atoms in total. The molecule has 2 heterocycles. The summed E-state index contributed by atoms with van der Waals surface area (Å²) < 4.78 is 11.5. The van der Waals surface area contributed by atoms with Gasteiger partial charge in [-0.3, -0.25) is 0 Å². The van der Waals surface area contributed by atoms with E-state index in [2.05, 4.69) is 39.1 Å². The first kappa shape index (κ1) is 18.5. The van der Waals surface area contributed by atoms with E-state index < -0.39 is 0 Å². The molecule has 1 aromatic rings. The monoisotopic (exact) mass is 322 g/mol. The van der Waals surface area contributed by atoms with Gasteiger partial charge in [0.15, 0.2) is 5.76 Å². The zero-order chi connectivity index (χ0) is 16.8. The van der Waals surface area contributed by atoms with Crippen molar-refractivity contribution in [1.29, 1.82) is 0 Å². The Balaban J connectivity index is 1.90. The van der Waals surface area contributed by atoms with Gasteiger partial charge in [0.05, 0.1) is 18.4 Å². The zero-order valence-electron chi connectivity index (χ0n) is 15.6. The van der Waals surface area contributed by atoms with Gasteiger partial charge < -0.3 is 14.5 Å². The van der Waals surface area contributed by atoms with Crippen LogP contribution in [0.5, 0.6) is 0 Å². The van der Waals surface area contributed by atoms with Gasteiger partial charge in [-0.25, -0.2) is 0 Å². The molecule has 1 saturated heterocycles. The van der Waals surface area contributed by atoms with E-state index in [1.165, 1.54) is 38.6 Å². The number of ether oxygens (including phenoxy) is 1. The Labute approximate surface area is 142 Å². The second-order valence-corrected chi connectivity index (χ2v) is 8.12. The van der Waals surface area contributed by atoms with E-state index in [0.29, 0.717) is 5.41 Å². The molecule has 3 heteroatoms. The summed E-state index contributed by atoms with van der Waals surface area (Å²) in [6, 6.07) is 4.03. The van der Waals surface area contributed by atoms with Crippen LogP contribution in [-0.2, 0) is 11.3 Å². The lowest BCUT2D eigenvalue weighted by atomic mass is 9.67. The quantitative estimate of drug-likeness (QED) is 0.694.